The zero-order chi connectivity index (χ0) is 9.10. The van der Waals surface area contributed by atoms with E-state index in [1.54, 1.807) is 0 Å². The Morgan fingerprint density at radius 2 is 1.86 bits per heavy atom. The topological polar surface area (TPSA) is 3.24 Å². The smallest absolute Gasteiger partial charge is 0.0166 e. The molecule has 1 nitrogen and oxygen atoms in total. The highest BCUT2D eigenvalue weighted by Gasteiger charge is 2.08. The maximum Gasteiger partial charge on any atom is 0.0166 e. The molecule has 1 aromatic carbocycles. The Kier molecular flexibility index (Phi) is 4.36. The summed E-state index contributed by atoms with van der Waals surface area (Å²) < 4.78 is 0. The Morgan fingerprint density at radius 1 is 1.14 bits per heavy atom. The molecular weight excluding hydrogens is 238 g/mol. The van der Waals surface area contributed by atoms with Crippen molar-refractivity contribution in [3.8, 4) is 0 Å². The maximum absolute atomic E-state index is 2.34. The molecule has 0 amide bonds. The van der Waals surface area contributed by atoms with Crippen LogP contribution in [0.3, 0.4) is 0 Å². The molecule has 1 aliphatic rings. The van der Waals surface area contributed by atoms with E-state index in [4.69, 9.17) is 0 Å². The highest BCUT2D eigenvalue weighted by molar-refractivity contribution is 8.93. The maximum atomic E-state index is 2.34. The van der Waals surface area contributed by atoms with Crippen LogP contribution in [0.1, 0.15) is 12.0 Å². The van der Waals surface area contributed by atoms with Crippen LogP contribution in [0.25, 0.3) is 5.57 Å². The second-order valence-corrected chi connectivity index (χ2v) is 3.61. The van der Waals surface area contributed by atoms with Gasteiger partial charge in [-0.15, -0.1) is 17.0 Å². The van der Waals surface area contributed by atoms with E-state index in [0.29, 0.717) is 0 Å². The molecule has 0 saturated carbocycles. The van der Waals surface area contributed by atoms with Crippen LogP contribution >= 0.6 is 17.0 Å². The number of nitrogens with zero attached hydrogens (tertiary/aromatic N) is 1. The van der Waals surface area contributed by atoms with Gasteiger partial charge in [0.25, 0.3) is 0 Å². The van der Waals surface area contributed by atoms with Crippen LogP contribution in [0.2, 0.25) is 0 Å². The summed E-state index contributed by atoms with van der Waals surface area (Å²) in [6.07, 6.45) is 3.51. The van der Waals surface area contributed by atoms with E-state index in [2.05, 4.69) is 48.4 Å². The van der Waals surface area contributed by atoms with Crippen LogP contribution in [0, 0.1) is 0 Å². The summed E-state index contributed by atoms with van der Waals surface area (Å²) in [6.45, 7) is 2.27. The van der Waals surface area contributed by atoms with Crippen molar-refractivity contribution in [1.29, 1.82) is 0 Å². The third-order valence-electron chi connectivity index (χ3n) is 2.56. The van der Waals surface area contributed by atoms with Crippen LogP contribution in [0.15, 0.2) is 36.4 Å². The first-order valence-electron chi connectivity index (χ1n) is 4.79. The second kappa shape index (κ2) is 5.32. The van der Waals surface area contributed by atoms with E-state index in [1.807, 2.05) is 0 Å². The summed E-state index contributed by atoms with van der Waals surface area (Å²) in [5.74, 6) is 0. The van der Waals surface area contributed by atoms with Gasteiger partial charge in [-0.3, -0.25) is 0 Å². The predicted octanol–water partition coefficient (Wildman–Crippen LogP) is 2.98. The minimum Gasteiger partial charge on any atom is -0.302 e. The largest absolute Gasteiger partial charge is 0.302 e. The normalized spacial score (nSPS) is 17.1. The third kappa shape index (κ3) is 2.69. The van der Waals surface area contributed by atoms with Crippen LogP contribution in [-0.4, -0.2) is 25.0 Å². The molecule has 1 heterocycles. The van der Waals surface area contributed by atoms with Crippen LogP contribution in [0.4, 0.5) is 0 Å². The lowest BCUT2D eigenvalue weighted by Crippen LogP contribution is -2.23. The van der Waals surface area contributed by atoms with Gasteiger partial charge >= 0.3 is 0 Å². The molecule has 0 N–H and O–H groups in total. The summed E-state index contributed by atoms with van der Waals surface area (Å²) in [5.41, 5.74) is 2.88. The van der Waals surface area contributed by atoms with Gasteiger partial charge in [-0.05, 0) is 24.6 Å². The van der Waals surface area contributed by atoms with Crippen molar-refractivity contribution in [2.75, 3.05) is 20.1 Å². The molecule has 0 bridgehead atoms. The Morgan fingerprint density at radius 3 is 2.43 bits per heavy atom. The van der Waals surface area contributed by atoms with Crippen molar-refractivity contribution in [2.24, 2.45) is 0 Å². The summed E-state index contributed by atoms with van der Waals surface area (Å²) in [5, 5.41) is 0. The minimum absolute atomic E-state index is 0. The lowest BCUT2D eigenvalue weighted by atomic mass is 10.00. The van der Waals surface area contributed by atoms with Crippen LogP contribution in [0.5, 0.6) is 0 Å². The molecular formula is C12H16BrN. The zero-order valence-electron chi connectivity index (χ0n) is 8.44. The summed E-state index contributed by atoms with van der Waals surface area (Å²) in [4.78, 5) is 2.34. The van der Waals surface area contributed by atoms with E-state index >= 15 is 0 Å². The van der Waals surface area contributed by atoms with E-state index < -0.39 is 0 Å². The molecule has 0 saturated heterocycles. The molecule has 0 atom stereocenters. The third-order valence-corrected chi connectivity index (χ3v) is 2.56. The van der Waals surface area contributed by atoms with Gasteiger partial charge in [0.2, 0.25) is 0 Å². The lowest BCUT2D eigenvalue weighted by molar-refractivity contribution is 0.370. The molecule has 2 rings (SSSR count). The molecule has 76 valence electrons. The molecule has 2 heteroatoms. The van der Waals surface area contributed by atoms with E-state index in [0.717, 1.165) is 6.54 Å². The van der Waals surface area contributed by atoms with Crippen molar-refractivity contribution in [2.45, 2.75) is 6.42 Å². The predicted molar refractivity (Wildman–Crippen MR) is 66.9 cm³/mol. The van der Waals surface area contributed by atoms with Gasteiger partial charge < -0.3 is 4.90 Å². The van der Waals surface area contributed by atoms with Crippen LogP contribution in [-0.2, 0) is 0 Å². The fraction of sp³-hybridized carbons (Fsp3) is 0.333. The monoisotopic (exact) mass is 253 g/mol. The highest BCUT2D eigenvalue weighted by Crippen LogP contribution is 2.20. The molecule has 0 fully saturated rings. The van der Waals surface area contributed by atoms with E-state index in [-0.39, 0.29) is 17.0 Å². The van der Waals surface area contributed by atoms with E-state index in [9.17, 15) is 0 Å². The molecule has 0 spiro atoms. The number of benzene rings is 1. The first-order chi connectivity index (χ1) is 6.36. The van der Waals surface area contributed by atoms with Crippen molar-refractivity contribution >= 4 is 22.6 Å². The van der Waals surface area contributed by atoms with Crippen LogP contribution < -0.4 is 0 Å². The molecule has 14 heavy (non-hydrogen) atoms. The first kappa shape index (κ1) is 11.5. The van der Waals surface area contributed by atoms with Gasteiger partial charge in [-0.25, -0.2) is 0 Å². The SMILES string of the molecule is Br.CN1CC=C(c2ccccc2)CC1. The first-order valence-corrected chi connectivity index (χ1v) is 4.79. The average Bonchev–Trinajstić information content (AvgIpc) is 2.20. The van der Waals surface area contributed by atoms with Crippen molar-refractivity contribution in [3.63, 3.8) is 0 Å². The van der Waals surface area contributed by atoms with Gasteiger partial charge in [-0.2, -0.15) is 0 Å². The summed E-state index contributed by atoms with van der Waals surface area (Å²) >= 11 is 0. The Balaban J connectivity index is 0.000000980. The number of hydrogen-bond donors (Lipinski definition) is 0. The Hall–Kier alpha value is -0.600. The Bertz CT molecular complexity index is 305. The van der Waals surface area contributed by atoms with E-state index in [1.165, 1.54) is 24.1 Å². The number of halogens is 1. The molecule has 0 aliphatic carbocycles. The molecule has 0 unspecified atom stereocenters. The van der Waals surface area contributed by atoms with Gasteiger partial charge in [0.1, 0.15) is 0 Å². The summed E-state index contributed by atoms with van der Waals surface area (Å²) in [6, 6.07) is 10.7. The Labute approximate surface area is 96.2 Å². The van der Waals surface area contributed by atoms with Crippen molar-refractivity contribution in [3.05, 3.63) is 42.0 Å². The summed E-state index contributed by atoms with van der Waals surface area (Å²) in [7, 11) is 2.16. The standard InChI is InChI=1S/C12H15N.BrH/c1-13-9-7-12(8-10-13)11-5-3-2-4-6-11;/h2-7H,8-10H2,1H3;1H. The van der Waals surface area contributed by atoms with Gasteiger partial charge in [0.05, 0.1) is 0 Å². The van der Waals surface area contributed by atoms with Gasteiger partial charge in [-0.1, -0.05) is 36.4 Å². The lowest BCUT2D eigenvalue weighted by Gasteiger charge is -2.21. The number of likely N-dealkylation sites (N-methyl/N-ethyl adjacent to an activating group) is 1. The fourth-order valence-corrected chi connectivity index (χ4v) is 1.69. The highest BCUT2D eigenvalue weighted by atomic mass is 79.9. The number of hydrogen-bond acceptors (Lipinski definition) is 1. The minimum atomic E-state index is 0. The molecule has 1 aromatic rings. The zero-order valence-corrected chi connectivity index (χ0v) is 10.2. The van der Waals surface area contributed by atoms with Crippen molar-refractivity contribution in [1.82, 2.24) is 4.90 Å². The van der Waals surface area contributed by atoms with Gasteiger partial charge in [0, 0.05) is 13.1 Å². The molecule has 1 aliphatic heterocycles. The fourth-order valence-electron chi connectivity index (χ4n) is 1.69. The van der Waals surface area contributed by atoms with Crippen molar-refractivity contribution < 1.29 is 0 Å². The molecule has 0 aromatic heterocycles. The second-order valence-electron chi connectivity index (χ2n) is 3.61. The molecule has 0 radical (unpaired) electrons. The average molecular weight is 254 g/mol. The number of rotatable bonds is 1. The van der Waals surface area contributed by atoms with Gasteiger partial charge in [0.15, 0.2) is 0 Å². The quantitative estimate of drug-likeness (QED) is 0.744.